The Bertz CT molecular complexity index is 947. The third kappa shape index (κ3) is 4.84. The molecule has 2 aromatic rings. The molecule has 7 heteroatoms. The minimum Gasteiger partial charge on any atom is -0.377 e. The van der Waals surface area contributed by atoms with Gasteiger partial charge in [0.15, 0.2) is 0 Å². The normalized spacial score (nSPS) is 19.3. The highest BCUT2D eigenvalue weighted by Gasteiger charge is 2.27. The molecule has 0 saturated carbocycles. The number of nitrogens with zero attached hydrogens (tertiary/aromatic N) is 3. The van der Waals surface area contributed by atoms with Gasteiger partial charge in [-0.05, 0) is 43.0 Å². The summed E-state index contributed by atoms with van der Waals surface area (Å²) in [4.78, 5) is 23.8. The number of carbonyl (C=O) groups excluding carboxylic acids is 1. The Morgan fingerprint density at radius 3 is 3.00 bits per heavy atom. The Morgan fingerprint density at radius 1 is 1.33 bits per heavy atom. The summed E-state index contributed by atoms with van der Waals surface area (Å²) in [6, 6.07) is 8.23. The Labute approximate surface area is 176 Å². The largest absolute Gasteiger partial charge is 0.377 e. The van der Waals surface area contributed by atoms with Crippen LogP contribution in [0.25, 0.3) is 5.57 Å². The number of hydrogen-bond acceptors (Lipinski definition) is 5. The van der Waals surface area contributed by atoms with Gasteiger partial charge in [0.1, 0.15) is 17.5 Å². The maximum atomic E-state index is 13.6. The van der Waals surface area contributed by atoms with E-state index in [0.717, 1.165) is 42.9 Å². The van der Waals surface area contributed by atoms with E-state index in [1.54, 1.807) is 12.1 Å². The first kappa shape index (κ1) is 20.5. The topological polar surface area (TPSA) is 67.4 Å². The number of halogens is 1. The van der Waals surface area contributed by atoms with Crippen LogP contribution in [0, 0.1) is 5.82 Å². The summed E-state index contributed by atoms with van der Waals surface area (Å²) >= 11 is 0. The van der Waals surface area contributed by atoms with Gasteiger partial charge in [0.05, 0.1) is 18.9 Å². The SMILES string of the molecule is CCC(=O)N1CCCC(c2nc(Nc3cccc(F)c3)cc(C3=CCOCC3)n2)C1. The van der Waals surface area contributed by atoms with Crippen LogP contribution in [0.15, 0.2) is 36.4 Å². The molecule has 0 radical (unpaired) electrons. The lowest BCUT2D eigenvalue weighted by atomic mass is 9.96. The van der Waals surface area contributed by atoms with Gasteiger partial charge in [0.2, 0.25) is 5.91 Å². The van der Waals surface area contributed by atoms with E-state index in [-0.39, 0.29) is 17.6 Å². The minimum atomic E-state index is -0.303. The molecule has 0 aliphatic carbocycles. The number of piperidine rings is 1. The quantitative estimate of drug-likeness (QED) is 0.797. The predicted molar refractivity (Wildman–Crippen MR) is 114 cm³/mol. The number of aromatic nitrogens is 2. The molecule has 30 heavy (non-hydrogen) atoms. The number of ether oxygens (including phenoxy) is 1. The summed E-state index contributed by atoms with van der Waals surface area (Å²) in [5.41, 5.74) is 2.63. The number of hydrogen-bond donors (Lipinski definition) is 1. The van der Waals surface area contributed by atoms with Gasteiger partial charge in [-0.25, -0.2) is 14.4 Å². The lowest BCUT2D eigenvalue weighted by Crippen LogP contribution is -2.39. The van der Waals surface area contributed by atoms with E-state index in [0.29, 0.717) is 37.7 Å². The fourth-order valence-corrected chi connectivity index (χ4v) is 3.99. The van der Waals surface area contributed by atoms with E-state index in [9.17, 15) is 9.18 Å². The van der Waals surface area contributed by atoms with E-state index in [1.165, 1.54) is 12.1 Å². The van der Waals surface area contributed by atoms with Crippen molar-refractivity contribution in [2.75, 3.05) is 31.6 Å². The highest BCUT2D eigenvalue weighted by atomic mass is 19.1. The maximum absolute atomic E-state index is 13.6. The first-order chi connectivity index (χ1) is 14.6. The third-order valence-corrected chi connectivity index (χ3v) is 5.57. The molecule has 1 fully saturated rings. The van der Waals surface area contributed by atoms with E-state index in [4.69, 9.17) is 14.7 Å². The summed E-state index contributed by atoms with van der Waals surface area (Å²) in [7, 11) is 0. The highest BCUT2D eigenvalue weighted by Crippen LogP contribution is 2.29. The predicted octanol–water partition coefficient (Wildman–Crippen LogP) is 4.28. The first-order valence-corrected chi connectivity index (χ1v) is 10.6. The Balaban J connectivity index is 1.66. The summed E-state index contributed by atoms with van der Waals surface area (Å²) in [6.45, 7) is 4.56. The summed E-state index contributed by atoms with van der Waals surface area (Å²) in [5, 5.41) is 3.22. The van der Waals surface area contributed by atoms with Crippen molar-refractivity contribution in [1.82, 2.24) is 14.9 Å². The molecule has 0 spiro atoms. The molecule has 158 valence electrons. The average Bonchev–Trinajstić information content (AvgIpc) is 2.79. The van der Waals surface area contributed by atoms with Crippen molar-refractivity contribution in [3.8, 4) is 0 Å². The molecule has 1 unspecified atom stereocenters. The average molecular weight is 410 g/mol. The van der Waals surface area contributed by atoms with Crippen LogP contribution in [0.2, 0.25) is 0 Å². The van der Waals surface area contributed by atoms with Gasteiger partial charge in [-0.3, -0.25) is 4.79 Å². The summed E-state index contributed by atoms with van der Waals surface area (Å²) in [5.74, 6) is 1.31. The van der Waals surface area contributed by atoms with Crippen LogP contribution in [-0.4, -0.2) is 47.1 Å². The molecular weight excluding hydrogens is 383 g/mol. The summed E-state index contributed by atoms with van der Waals surface area (Å²) < 4.78 is 19.1. The van der Waals surface area contributed by atoms with Crippen molar-refractivity contribution in [3.63, 3.8) is 0 Å². The Kier molecular flexibility index (Phi) is 6.38. The molecule has 1 aromatic carbocycles. The van der Waals surface area contributed by atoms with Crippen LogP contribution < -0.4 is 5.32 Å². The lowest BCUT2D eigenvalue weighted by Gasteiger charge is -2.32. The van der Waals surface area contributed by atoms with Crippen LogP contribution in [0.3, 0.4) is 0 Å². The number of amides is 1. The van der Waals surface area contributed by atoms with Crippen LogP contribution >= 0.6 is 0 Å². The van der Waals surface area contributed by atoms with Crippen LogP contribution in [0.1, 0.15) is 50.0 Å². The molecule has 1 atom stereocenters. The molecule has 1 N–H and O–H groups in total. The highest BCUT2D eigenvalue weighted by molar-refractivity contribution is 5.76. The van der Waals surface area contributed by atoms with Crippen LogP contribution in [0.5, 0.6) is 0 Å². The molecule has 1 amide bonds. The molecule has 3 heterocycles. The van der Waals surface area contributed by atoms with E-state index < -0.39 is 0 Å². The smallest absolute Gasteiger partial charge is 0.222 e. The number of anilines is 2. The van der Waals surface area contributed by atoms with Crippen molar-refractivity contribution in [2.24, 2.45) is 0 Å². The molecule has 0 bridgehead atoms. The maximum Gasteiger partial charge on any atom is 0.222 e. The number of likely N-dealkylation sites (tertiary alicyclic amines) is 1. The van der Waals surface area contributed by atoms with Gasteiger partial charge in [-0.1, -0.05) is 19.1 Å². The first-order valence-electron chi connectivity index (χ1n) is 10.6. The number of benzene rings is 1. The van der Waals surface area contributed by atoms with Crippen molar-refractivity contribution in [2.45, 2.75) is 38.5 Å². The molecule has 2 aliphatic rings. The molecule has 2 aliphatic heterocycles. The Hall–Kier alpha value is -2.80. The lowest BCUT2D eigenvalue weighted by molar-refractivity contribution is -0.132. The fraction of sp³-hybridized carbons (Fsp3) is 0.435. The second-order valence-electron chi connectivity index (χ2n) is 7.72. The van der Waals surface area contributed by atoms with Gasteiger partial charge in [-0.15, -0.1) is 0 Å². The molecule has 1 aromatic heterocycles. The number of nitrogens with one attached hydrogen (secondary N) is 1. The second-order valence-corrected chi connectivity index (χ2v) is 7.72. The molecular formula is C23H27FN4O2. The van der Waals surface area contributed by atoms with Gasteiger partial charge in [0.25, 0.3) is 0 Å². The standard InChI is InChI=1S/C23H27FN4O2/c1-2-22(29)28-10-4-5-17(15-28)23-26-20(16-8-11-30-12-9-16)14-21(27-23)25-19-7-3-6-18(24)13-19/h3,6-8,13-14,17H,2,4-5,9-12,15H2,1H3,(H,25,26,27). The summed E-state index contributed by atoms with van der Waals surface area (Å²) in [6.07, 6.45) is 5.23. The van der Waals surface area contributed by atoms with Gasteiger partial charge in [-0.2, -0.15) is 0 Å². The monoisotopic (exact) mass is 410 g/mol. The number of rotatable bonds is 5. The van der Waals surface area contributed by atoms with E-state index in [1.807, 2.05) is 17.9 Å². The third-order valence-electron chi connectivity index (χ3n) is 5.57. The molecule has 1 saturated heterocycles. The minimum absolute atomic E-state index is 0.0858. The van der Waals surface area contributed by atoms with E-state index in [2.05, 4.69) is 11.4 Å². The zero-order chi connectivity index (χ0) is 20.9. The number of carbonyl (C=O) groups is 1. The zero-order valence-corrected chi connectivity index (χ0v) is 17.2. The van der Waals surface area contributed by atoms with Crippen molar-refractivity contribution in [3.05, 3.63) is 53.7 Å². The van der Waals surface area contributed by atoms with Crippen molar-refractivity contribution < 1.29 is 13.9 Å². The molecule has 6 nitrogen and oxygen atoms in total. The van der Waals surface area contributed by atoms with Gasteiger partial charge >= 0.3 is 0 Å². The Morgan fingerprint density at radius 2 is 2.23 bits per heavy atom. The zero-order valence-electron chi connectivity index (χ0n) is 17.2. The van der Waals surface area contributed by atoms with Crippen LogP contribution in [0.4, 0.5) is 15.9 Å². The van der Waals surface area contributed by atoms with Crippen molar-refractivity contribution in [1.29, 1.82) is 0 Å². The van der Waals surface area contributed by atoms with Gasteiger partial charge < -0.3 is 15.0 Å². The molecule has 4 rings (SSSR count). The van der Waals surface area contributed by atoms with Gasteiger partial charge in [0, 0.05) is 37.2 Å². The van der Waals surface area contributed by atoms with Crippen molar-refractivity contribution >= 4 is 23.0 Å². The van der Waals surface area contributed by atoms with E-state index >= 15 is 0 Å². The van der Waals surface area contributed by atoms with Crippen LogP contribution in [-0.2, 0) is 9.53 Å². The fourth-order valence-electron chi connectivity index (χ4n) is 3.99. The second kappa shape index (κ2) is 9.34.